The molecular formula is C19H21ClN2O4S. The maximum atomic E-state index is 12.4. The summed E-state index contributed by atoms with van der Waals surface area (Å²) < 4.78 is 32.9. The Hall–Kier alpha value is -2.09. The Labute approximate surface area is 163 Å². The Morgan fingerprint density at radius 2 is 1.96 bits per heavy atom. The summed E-state index contributed by atoms with van der Waals surface area (Å²) in [7, 11) is -3.58. The Balaban J connectivity index is 1.67. The first kappa shape index (κ1) is 19.7. The quantitative estimate of drug-likeness (QED) is 0.734. The Morgan fingerprint density at radius 1 is 1.22 bits per heavy atom. The number of carbonyl (C=O) groups is 1. The SMILES string of the molecule is Cc1cc(Cl)ccc1O[C@@H](C)C(=O)Nc1cccc(S(=O)(=O)NC2CC2)c1. The summed E-state index contributed by atoms with van der Waals surface area (Å²) in [6, 6.07) is 11.3. The van der Waals surface area contributed by atoms with Crippen LogP contribution in [0.2, 0.25) is 5.02 Å². The van der Waals surface area contributed by atoms with Crippen LogP contribution in [0.1, 0.15) is 25.3 Å². The highest BCUT2D eigenvalue weighted by molar-refractivity contribution is 7.89. The third-order valence-electron chi connectivity index (χ3n) is 4.12. The highest BCUT2D eigenvalue weighted by Gasteiger charge is 2.28. The van der Waals surface area contributed by atoms with Gasteiger partial charge in [0.1, 0.15) is 5.75 Å². The Kier molecular flexibility index (Phi) is 5.74. The summed E-state index contributed by atoms with van der Waals surface area (Å²) in [5.74, 6) is 0.182. The molecule has 0 bridgehead atoms. The maximum Gasteiger partial charge on any atom is 0.265 e. The van der Waals surface area contributed by atoms with E-state index in [1.807, 2.05) is 6.92 Å². The van der Waals surface area contributed by atoms with Crippen LogP contribution in [0.4, 0.5) is 5.69 Å². The van der Waals surface area contributed by atoms with Crippen molar-refractivity contribution in [1.29, 1.82) is 0 Å². The molecule has 1 fully saturated rings. The van der Waals surface area contributed by atoms with Crippen molar-refractivity contribution in [2.24, 2.45) is 0 Å². The van der Waals surface area contributed by atoms with E-state index in [1.54, 1.807) is 37.3 Å². The molecule has 0 radical (unpaired) electrons. The van der Waals surface area contributed by atoms with Crippen LogP contribution in [-0.2, 0) is 14.8 Å². The molecule has 2 aromatic rings. The van der Waals surface area contributed by atoms with Crippen LogP contribution in [0.5, 0.6) is 5.75 Å². The average molecular weight is 409 g/mol. The van der Waals surface area contributed by atoms with Gasteiger partial charge in [-0.3, -0.25) is 4.79 Å². The smallest absolute Gasteiger partial charge is 0.265 e. The van der Waals surface area contributed by atoms with Gasteiger partial charge in [-0.2, -0.15) is 0 Å². The predicted octanol–water partition coefficient (Wildman–Crippen LogP) is 3.50. The first-order valence-corrected chi connectivity index (χ1v) is 10.5. The van der Waals surface area contributed by atoms with Gasteiger partial charge in [-0.05, 0) is 68.7 Å². The van der Waals surface area contributed by atoms with Crippen LogP contribution in [0.3, 0.4) is 0 Å². The number of rotatable bonds is 7. The van der Waals surface area contributed by atoms with Gasteiger partial charge in [0.05, 0.1) is 4.90 Å². The molecule has 27 heavy (non-hydrogen) atoms. The lowest BCUT2D eigenvalue weighted by Crippen LogP contribution is -2.30. The van der Waals surface area contributed by atoms with E-state index >= 15 is 0 Å². The number of sulfonamides is 1. The summed E-state index contributed by atoms with van der Waals surface area (Å²) in [6.45, 7) is 3.46. The molecule has 0 spiro atoms. The van der Waals surface area contributed by atoms with Crippen molar-refractivity contribution in [3.63, 3.8) is 0 Å². The molecule has 1 aliphatic rings. The second-order valence-corrected chi connectivity index (χ2v) is 8.73. The lowest BCUT2D eigenvalue weighted by Gasteiger charge is -2.17. The molecular weight excluding hydrogens is 388 g/mol. The fourth-order valence-electron chi connectivity index (χ4n) is 2.46. The van der Waals surface area contributed by atoms with Gasteiger partial charge in [-0.15, -0.1) is 0 Å². The lowest BCUT2D eigenvalue weighted by atomic mass is 10.2. The molecule has 6 nitrogen and oxygen atoms in total. The summed E-state index contributed by atoms with van der Waals surface area (Å²) in [5.41, 5.74) is 1.21. The van der Waals surface area contributed by atoms with Gasteiger partial charge in [0.15, 0.2) is 6.10 Å². The molecule has 0 unspecified atom stereocenters. The number of benzene rings is 2. The van der Waals surface area contributed by atoms with Crippen LogP contribution >= 0.6 is 11.6 Å². The zero-order valence-corrected chi connectivity index (χ0v) is 16.6. The number of halogens is 1. The number of aryl methyl sites for hydroxylation is 1. The maximum absolute atomic E-state index is 12.4. The molecule has 1 saturated carbocycles. The highest BCUT2D eigenvalue weighted by Crippen LogP contribution is 2.24. The fraction of sp³-hybridized carbons (Fsp3) is 0.316. The molecule has 2 aromatic carbocycles. The van der Waals surface area contributed by atoms with Crippen molar-refractivity contribution < 1.29 is 17.9 Å². The van der Waals surface area contributed by atoms with Crippen molar-refractivity contribution >= 4 is 33.2 Å². The van der Waals surface area contributed by atoms with Crippen molar-refractivity contribution in [1.82, 2.24) is 4.72 Å². The van der Waals surface area contributed by atoms with E-state index in [0.29, 0.717) is 16.5 Å². The van der Waals surface area contributed by atoms with Gasteiger partial charge >= 0.3 is 0 Å². The van der Waals surface area contributed by atoms with Gasteiger partial charge in [-0.25, -0.2) is 13.1 Å². The zero-order valence-electron chi connectivity index (χ0n) is 15.0. The van der Waals surface area contributed by atoms with E-state index in [4.69, 9.17) is 16.3 Å². The molecule has 1 aliphatic carbocycles. The molecule has 8 heteroatoms. The van der Waals surface area contributed by atoms with Crippen molar-refractivity contribution in [3.05, 3.63) is 53.1 Å². The van der Waals surface area contributed by atoms with Crippen LogP contribution in [0, 0.1) is 6.92 Å². The summed E-state index contributed by atoms with van der Waals surface area (Å²) >= 11 is 5.92. The minimum absolute atomic E-state index is 0.0179. The van der Waals surface area contributed by atoms with E-state index in [9.17, 15) is 13.2 Å². The number of nitrogens with one attached hydrogen (secondary N) is 2. The van der Waals surface area contributed by atoms with Gasteiger partial charge < -0.3 is 10.1 Å². The van der Waals surface area contributed by atoms with E-state index in [-0.39, 0.29) is 16.8 Å². The first-order valence-electron chi connectivity index (χ1n) is 8.61. The van der Waals surface area contributed by atoms with Gasteiger partial charge in [0.25, 0.3) is 5.91 Å². The summed E-state index contributed by atoms with van der Waals surface area (Å²) in [5, 5.41) is 3.28. The normalized spacial score (nSPS) is 15.2. The number of carbonyl (C=O) groups excluding carboxylic acids is 1. The number of hydrogen-bond donors (Lipinski definition) is 2. The minimum atomic E-state index is -3.58. The summed E-state index contributed by atoms with van der Waals surface area (Å²) in [4.78, 5) is 12.5. The molecule has 2 N–H and O–H groups in total. The van der Waals surface area contributed by atoms with E-state index in [1.165, 1.54) is 12.1 Å². The molecule has 3 rings (SSSR count). The lowest BCUT2D eigenvalue weighted by molar-refractivity contribution is -0.122. The molecule has 0 aliphatic heterocycles. The largest absolute Gasteiger partial charge is 0.481 e. The van der Waals surface area contributed by atoms with Crippen molar-refractivity contribution in [3.8, 4) is 5.75 Å². The summed E-state index contributed by atoms with van der Waals surface area (Å²) in [6.07, 6.45) is 0.943. The standard InChI is InChI=1S/C19H21ClN2O4S/c1-12-10-14(20)6-9-18(12)26-13(2)19(23)21-16-4-3-5-17(11-16)27(24,25)22-15-7-8-15/h3-6,9-11,13,15,22H,7-8H2,1-2H3,(H,21,23)/t13-/m0/s1. The molecule has 0 aromatic heterocycles. The van der Waals surface area contributed by atoms with Crippen LogP contribution < -0.4 is 14.8 Å². The van der Waals surface area contributed by atoms with Crippen LogP contribution in [0.25, 0.3) is 0 Å². The number of anilines is 1. The molecule has 0 heterocycles. The zero-order chi connectivity index (χ0) is 19.6. The third-order valence-corrected chi connectivity index (χ3v) is 5.87. The Morgan fingerprint density at radius 3 is 2.63 bits per heavy atom. The molecule has 144 valence electrons. The van der Waals surface area contributed by atoms with Crippen LogP contribution in [-0.4, -0.2) is 26.5 Å². The van der Waals surface area contributed by atoms with Gasteiger partial charge in [0, 0.05) is 16.8 Å². The topological polar surface area (TPSA) is 84.5 Å². The van der Waals surface area contributed by atoms with E-state index in [0.717, 1.165) is 18.4 Å². The monoisotopic (exact) mass is 408 g/mol. The van der Waals surface area contributed by atoms with E-state index in [2.05, 4.69) is 10.0 Å². The number of amides is 1. The minimum Gasteiger partial charge on any atom is -0.481 e. The van der Waals surface area contributed by atoms with Gasteiger partial charge in [0.2, 0.25) is 10.0 Å². The van der Waals surface area contributed by atoms with Crippen molar-refractivity contribution in [2.45, 2.75) is 43.7 Å². The van der Waals surface area contributed by atoms with Crippen LogP contribution in [0.15, 0.2) is 47.4 Å². The molecule has 1 atom stereocenters. The first-order chi connectivity index (χ1) is 12.7. The highest BCUT2D eigenvalue weighted by atomic mass is 35.5. The molecule has 1 amide bonds. The van der Waals surface area contributed by atoms with E-state index < -0.39 is 16.1 Å². The predicted molar refractivity (Wildman–Crippen MR) is 105 cm³/mol. The second kappa shape index (κ2) is 7.88. The second-order valence-electron chi connectivity index (χ2n) is 6.58. The fourth-order valence-corrected chi connectivity index (χ4v) is 4.04. The third kappa shape index (κ3) is 5.22. The van der Waals surface area contributed by atoms with Gasteiger partial charge in [-0.1, -0.05) is 17.7 Å². The number of ether oxygens (including phenoxy) is 1. The molecule has 0 saturated heterocycles. The van der Waals surface area contributed by atoms with Crippen molar-refractivity contribution in [2.75, 3.05) is 5.32 Å². The Bertz CT molecular complexity index is 958. The average Bonchev–Trinajstić information content (AvgIpc) is 3.41. The number of hydrogen-bond acceptors (Lipinski definition) is 4.